The van der Waals surface area contributed by atoms with E-state index in [0.29, 0.717) is 10.4 Å². The van der Waals surface area contributed by atoms with Crippen molar-refractivity contribution in [2.24, 2.45) is 5.41 Å². The van der Waals surface area contributed by atoms with Crippen molar-refractivity contribution in [3.8, 4) is 0 Å². The van der Waals surface area contributed by atoms with Crippen LogP contribution in [0.2, 0.25) is 5.02 Å². The first-order chi connectivity index (χ1) is 7.70. The van der Waals surface area contributed by atoms with E-state index in [-0.39, 0.29) is 0 Å². The van der Waals surface area contributed by atoms with Gasteiger partial charge in [-0.25, -0.2) is 9.97 Å². The van der Waals surface area contributed by atoms with Crippen LogP contribution >= 0.6 is 11.6 Å². The van der Waals surface area contributed by atoms with Gasteiger partial charge in [0.15, 0.2) is 0 Å². The van der Waals surface area contributed by atoms with Crippen molar-refractivity contribution >= 4 is 17.4 Å². The van der Waals surface area contributed by atoms with Crippen LogP contribution in [0.1, 0.15) is 39.0 Å². The summed E-state index contributed by atoms with van der Waals surface area (Å²) in [4.78, 5) is 8.01. The molecule has 0 bridgehead atoms. The van der Waals surface area contributed by atoms with Crippen LogP contribution in [0.4, 0.5) is 5.82 Å². The topological polar surface area (TPSA) is 37.8 Å². The smallest absolute Gasteiger partial charge is 0.148 e. The van der Waals surface area contributed by atoms with Gasteiger partial charge in [-0.05, 0) is 18.3 Å². The molecule has 0 atom stereocenters. The van der Waals surface area contributed by atoms with Gasteiger partial charge in [0, 0.05) is 6.54 Å². The molecule has 1 fully saturated rings. The normalized spacial score (nSPS) is 19.4. The van der Waals surface area contributed by atoms with Crippen molar-refractivity contribution in [3.05, 3.63) is 17.5 Å². The highest BCUT2D eigenvalue weighted by atomic mass is 35.5. The van der Waals surface area contributed by atoms with Gasteiger partial charge in [0.2, 0.25) is 0 Å². The maximum Gasteiger partial charge on any atom is 0.148 e. The molecule has 1 aromatic heterocycles. The molecule has 1 aliphatic carbocycles. The minimum atomic E-state index is 0.395. The molecule has 2 rings (SSSR count). The lowest BCUT2D eigenvalue weighted by Crippen LogP contribution is -2.29. The lowest BCUT2D eigenvalue weighted by molar-refractivity contribution is 0.233. The second-order valence-corrected chi connectivity index (χ2v) is 5.35. The fourth-order valence-electron chi connectivity index (χ4n) is 2.32. The summed E-state index contributed by atoms with van der Waals surface area (Å²) in [6.07, 6.45) is 9.80. The Hall–Kier alpha value is -0.830. The zero-order valence-electron chi connectivity index (χ0n) is 9.67. The summed E-state index contributed by atoms with van der Waals surface area (Å²) in [5, 5.41) is 3.94. The third kappa shape index (κ3) is 2.85. The van der Waals surface area contributed by atoms with E-state index in [2.05, 4.69) is 22.2 Å². The number of hydrogen-bond acceptors (Lipinski definition) is 3. The third-order valence-electron chi connectivity index (χ3n) is 3.41. The molecular weight excluding hydrogens is 222 g/mol. The van der Waals surface area contributed by atoms with Gasteiger partial charge in [0.05, 0.1) is 6.20 Å². The van der Waals surface area contributed by atoms with Crippen molar-refractivity contribution in [2.75, 3.05) is 11.9 Å². The molecule has 0 radical (unpaired) electrons. The van der Waals surface area contributed by atoms with Crippen LogP contribution in [0.5, 0.6) is 0 Å². The predicted octanol–water partition coefficient (Wildman–Crippen LogP) is 3.51. The largest absolute Gasteiger partial charge is 0.368 e. The summed E-state index contributed by atoms with van der Waals surface area (Å²) in [7, 11) is 0. The zero-order chi connectivity index (χ0) is 11.4. The van der Waals surface area contributed by atoms with Crippen LogP contribution in [-0.2, 0) is 0 Å². The van der Waals surface area contributed by atoms with Gasteiger partial charge in [-0.1, -0.05) is 37.8 Å². The van der Waals surface area contributed by atoms with E-state index in [4.69, 9.17) is 11.6 Å². The fourth-order valence-corrected chi connectivity index (χ4v) is 2.49. The van der Waals surface area contributed by atoms with Crippen LogP contribution in [0.3, 0.4) is 0 Å². The average molecular weight is 240 g/mol. The number of anilines is 1. The van der Waals surface area contributed by atoms with Crippen LogP contribution in [0.15, 0.2) is 12.5 Å². The quantitative estimate of drug-likeness (QED) is 0.877. The summed E-state index contributed by atoms with van der Waals surface area (Å²) in [6.45, 7) is 3.29. The summed E-state index contributed by atoms with van der Waals surface area (Å²) >= 11 is 6.00. The molecule has 0 aromatic carbocycles. The highest BCUT2D eigenvalue weighted by Gasteiger charge is 2.26. The van der Waals surface area contributed by atoms with Gasteiger partial charge in [-0.15, -0.1) is 0 Å². The van der Waals surface area contributed by atoms with Gasteiger partial charge in [-0.3, -0.25) is 0 Å². The van der Waals surface area contributed by atoms with E-state index in [1.54, 1.807) is 6.20 Å². The molecule has 88 valence electrons. The van der Waals surface area contributed by atoms with E-state index in [1.807, 2.05) is 0 Å². The number of hydrogen-bond donors (Lipinski definition) is 1. The molecule has 0 spiro atoms. The maximum atomic E-state index is 6.00. The molecule has 1 aromatic rings. The number of aromatic nitrogens is 2. The summed E-state index contributed by atoms with van der Waals surface area (Å²) in [5.41, 5.74) is 0.395. The van der Waals surface area contributed by atoms with E-state index in [9.17, 15) is 0 Å². The fraction of sp³-hybridized carbons (Fsp3) is 0.667. The van der Waals surface area contributed by atoms with Gasteiger partial charge in [-0.2, -0.15) is 0 Å². The lowest BCUT2D eigenvalue weighted by Gasteiger charge is -2.33. The number of rotatable bonds is 3. The van der Waals surface area contributed by atoms with Crippen LogP contribution in [0.25, 0.3) is 0 Å². The zero-order valence-corrected chi connectivity index (χ0v) is 10.4. The molecule has 4 heteroatoms. The van der Waals surface area contributed by atoms with E-state index in [1.165, 1.54) is 38.4 Å². The van der Waals surface area contributed by atoms with E-state index >= 15 is 0 Å². The molecule has 1 N–H and O–H groups in total. The molecule has 0 saturated heterocycles. The Morgan fingerprint density at radius 2 is 2.12 bits per heavy atom. The Labute approximate surface area is 102 Å². The second-order valence-electron chi connectivity index (χ2n) is 4.94. The highest BCUT2D eigenvalue weighted by Crippen LogP contribution is 2.35. The third-order valence-corrected chi connectivity index (χ3v) is 3.69. The predicted molar refractivity (Wildman–Crippen MR) is 66.7 cm³/mol. The van der Waals surface area contributed by atoms with Gasteiger partial charge < -0.3 is 5.32 Å². The van der Waals surface area contributed by atoms with Crippen molar-refractivity contribution < 1.29 is 0 Å². The standard InChI is InChI=1S/C12H18ClN3/c1-12(5-3-2-4-6-12)8-15-11-10(13)7-14-9-16-11/h7,9H,2-6,8H2,1H3,(H,14,15,16). The number of halogens is 1. The van der Waals surface area contributed by atoms with Crippen LogP contribution in [-0.4, -0.2) is 16.5 Å². The Kier molecular flexibility index (Phi) is 3.64. The Balaban J connectivity index is 1.94. The molecular formula is C12H18ClN3. The average Bonchev–Trinajstić information content (AvgIpc) is 2.29. The Morgan fingerprint density at radius 3 is 2.81 bits per heavy atom. The molecule has 1 heterocycles. The Bertz CT molecular complexity index is 348. The molecule has 1 aliphatic rings. The molecule has 16 heavy (non-hydrogen) atoms. The Morgan fingerprint density at radius 1 is 1.38 bits per heavy atom. The molecule has 0 aliphatic heterocycles. The SMILES string of the molecule is CC1(CNc2ncncc2Cl)CCCCC1. The van der Waals surface area contributed by atoms with Crippen LogP contribution < -0.4 is 5.32 Å². The first-order valence-electron chi connectivity index (χ1n) is 5.89. The first-order valence-corrected chi connectivity index (χ1v) is 6.27. The second kappa shape index (κ2) is 5.00. The van der Waals surface area contributed by atoms with Crippen molar-refractivity contribution in [1.29, 1.82) is 0 Å². The maximum absolute atomic E-state index is 6.00. The molecule has 0 amide bonds. The monoisotopic (exact) mass is 239 g/mol. The summed E-state index contributed by atoms with van der Waals surface area (Å²) in [5.74, 6) is 0.753. The minimum Gasteiger partial charge on any atom is -0.368 e. The van der Waals surface area contributed by atoms with Gasteiger partial charge >= 0.3 is 0 Å². The van der Waals surface area contributed by atoms with E-state index in [0.717, 1.165) is 12.4 Å². The van der Waals surface area contributed by atoms with Crippen molar-refractivity contribution in [1.82, 2.24) is 9.97 Å². The van der Waals surface area contributed by atoms with Crippen molar-refractivity contribution in [2.45, 2.75) is 39.0 Å². The first kappa shape index (κ1) is 11.6. The van der Waals surface area contributed by atoms with Gasteiger partial charge in [0.25, 0.3) is 0 Å². The highest BCUT2D eigenvalue weighted by molar-refractivity contribution is 6.32. The van der Waals surface area contributed by atoms with Gasteiger partial charge in [0.1, 0.15) is 17.2 Å². The molecule has 1 saturated carbocycles. The number of nitrogens with one attached hydrogen (secondary N) is 1. The molecule has 3 nitrogen and oxygen atoms in total. The summed E-state index contributed by atoms with van der Waals surface area (Å²) in [6, 6.07) is 0. The summed E-state index contributed by atoms with van der Waals surface area (Å²) < 4.78 is 0. The van der Waals surface area contributed by atoms with E-state index < -0.39 is 0 Å². The number of nitrogens with zero attached hydrogens (tertiary/aromatic N) is 2. The van der Waals surface area contributed by atoms with Crippen LogP contribution in [0, 0.1) is 5.41 Å². The minimum absolute atomic E-state index is 0.395. The lowest BCUT2D eigenvalue weighted by atomic mass is 9.76. The molecule has 0 unspecified atom stereocenters. The van der Waals surface area contributed by atoms with Crippen molar-refractivity contribution in [3.63, 3.8) is 0 Å².